The molecule has 1 aliphatic heterocycles. The molecule has 0 aliphatic carbocycles. The van der Waals surface area contributed by atoms with Crippen molar-refractivity contribution < 1.29 is 13.2 Å². The Morgan fingerprint density at radius 1 is 1.28 bits per heavy atom. The van der Waals surface area contributed by atoms with Gasteiger partial charge in [-0.3, -0.25) is 0 Å². The Morgan fingerprint density at radius 2 is 2.00 bits per heavy atom. The molecule has 0 radical (unpaired) electrons. The lowest BCUT2D eigenvalue weighted by molar-refractivity contribution is 0.414. The minimum absolute atomic E-state index is 0.0112. The first-order valence-corrected chi connectivity index (χ1v) is 10.9. The molecular formula is C17H23N3O3S2. The first kappa shape index (κ1) is 18.2. The maximum Gasteiger partial charge on any atom is 0.212 e. The largest absolute Gasteiger partial charge is 0.497 e. The topological polar surface area (TPSA) is 71.5 Å². The van der Waals surface area contributed by atoms with Crippen molar-refractivity contribution >= 4 is 26.5 Å². The van der Waals surface area contributed by atoms with Crippen molar-refractivity contribution in [1.29, 1.82) is 0 Å². The molecule has 8 heteroatoms. The Morgan fingerprint density at radius 3 is 2.60 bits per heavy atom. The Balaban J connectivity index is 1.46. The van der Waals surface area contributed by atoms with E-state index in [1.807, 2.05) is 29.6 Å². The van der Waals surface area contributed by atoms with Crippen LogP contribution in [0.15, 0.2) is 35.8 Å². The third-order valence-corrected chi connectivity index (χ3v) is 6.62. The standard InChI is InChI=1S/C17H23N3O3S2/c1-23-16-4-2-14(3-5-16)8-13-25(21,22)19-15-6-10-20(11-7-15)17-18-9-12-24-17/h2-5,9,12,15,19H,6-8,10-11,13H2,1H3. The molecule has 136 valence electrons. The molecule has 0 spiro atoms. The van der Waals surface area contributed by atoms with Crippen LogP contribution in [0.3, 0.4) is 0 Å². The lowest BCUT2D eigenvalue weighted by Gasteiger charge is -2.31. The molecule has 1 fully saturated rings. The third-order valence-electron chi connectivity index (χ3n) is 4.35. The maximum absolute atomic E-state index is 12.3. The molecule has 0 amide bonds. The van der Waals surface area contributed by atoms with Crippen LogP contribution in [0.25, 0.3) is 0 Å². The van der Waals surface area contributed by atoms with Crippen LogP contribution in [-0.2, 0) is 16.4 Å². The molecule has 0 bridgehead atoms. The summed E-state index contributed by atoms with van der Waals surface area (Å²) < 4.78 is 32.7. The first-order valence-electron chi connectivity index (χ1n) is 8.33. The fourth-order valence-corrected chi connectivity index (χ4v) is 4.98. The van der Waals surface area contributed by atoms with Gasteiger partial charge in [-0.15, -0.1) is 11.3 Å². The van der Waals surface area contributed by atoms with Gasteiger partial charge in [0.05, 0.1) is 12.9 Å². The zero-order valence-corrected chi connectivity index (χ0v) is 15.9. The lowest BCUT2D eigenvalue weighted by atomic mass is 10.1. The quantitative estimate of drug-likeness (QED) is 0.797. The van der Waals surface area contributed by atoms with Crippen molar-refractivity contribution in [2.75, 3.05) is 30.9 Å². The van der Waals surface area contributed by atoms with E-state index in [4.69, 9.17) is 4.74 Å². The molecule has 1 saturated heterocycles. The van der Waals surface area contributed by atoms with Gasteiger partial charge < -0.3 is 9.64 Å². The van der Waals surface area contributed by atoms with Crippen LogP contribution >= 0.6 is 11.3 Å². The van der Waals surface area contributed by atoms with Crippen molar-refractivity contribution in [2.24, 2.45) is 0 Å². The second kappa shape index (κ2) is 8.16. The van der Waals surface area contributed by atoms with Gasteiger partial charge in [0.15, 0.2) is 5.13 Å². The Bertz CT molecular complexity index is 753. The Kier molecular flexibility index (Phi) is 5.93. The predicted octanol–water partition coefficient (Wildman–Crippen LogP) is 2.28. The van der Waals surface area contributed by atoms with E-state index >= 15 is 0 Å². The Labute approximate surface area is 152 Å². The summed E-state index contributed by atoms with van der Waals surface area (Å²) in [6.07, 6.45) is 3.91. The van der Waals surface area contributed by atoms with Crippen molar-refractivity contribution in [3.63, 3.8) is 0 Å². The average Bonchev–Trinajstić information content (AvgIpc) is 3.15. The van der Waals surface area contributed by atoms with Gasteiger partial charge in [-0.05, 0) is 37.0 Å². The number of aryl methyl sites for hydroxylation is 1. The fraction of sp³-hybridized carbons (Fsp3) is 0.471. The Hall–Kier alpha value is -1.64. The molecule has 1 aromatic heterocycles. The molecule has 0 unspecified atom stereocenters. The number of thiazole rings is 1. The van der Waals surface area contributed by atoms with E-state index in [-0.39, 0.29) is 11.8 Å². The summed E-state index contributed by atoms with van der Waals surface area (Å²) in [7, 11) is -1.66. The summed E-state index contributed by atoms with van der Waals surface area (Å²) in [5, 5.41) is 2.98. The van der Waals surface area contributed by atoms with Crippen molar-refractivity contribution in [1.82, 2.24) is 9.71 Å². The smallest absolute Gasteiger partial charge is 0.212 e. The van der Waals surface area contributed by atoms with Crippen LogP contribution in [0.4, 0.5) is 5.13 Å². The third kappa shape index (κ3) is 5.17. The van der Waals surface area contributed by atoms with Crippen molar-refractivity contribution in [3.05, 3.63) is 41.4 Å². The summed E-state index contributed by atoms with van der Waals surface area (Å²) in [4.78, 5) is 6.53. The first-order chi connectivity index (χ1) is 12.1. The van der Waals surface area contributed by atoms with Gasteiger partial charge in [0, 0.05) is 30.7 Å². The van der Waals surface area contributed by atoms with E-state index in [1.54, 1.807) is 24.6 Å². The molecule has 0 atom stereocenters. The summed E-state index contributed by atoms with van der Waals surface area (Å²) >= 11 is 1.62. The van der Waals surface area contributed by atoms with E-state index in [9.17, 15) is 8.42 Å². The van der Waals surface area contributed by atoms with Crippen LogP contribution < -0.4 is 14.4 Å². The molecule has 6 nitrogen and oxygen atoms in total. The highest BCUT2D eigenvalue weighted by Gasteiger charge is 2.24. The number of ether oxygens (including phenoxy) is 1. The van der Waals surface area contributed by atoms with Gasteiger partial charge in [-0.2, -0.15) is 0 Å². The van der Waals surface area contributed by atoms with E-state index in [2.05, 4.69) is 14.6 Å². The SMILES string of the molecule is COc1ccc(CCS(=O)(=O)NC2CCN(c3nccs3)CC2)cc1. The normalized spacial score (nSPS) is 16.1. The number of nitrogens with zero attached hydrogens (tertiary/aromatic N) is 2. The van der Waals surface area contributed by atoms with E-state index in [1.165, 1.54) is 0 Å². The number of hydrogen-bond acceptors (Lipinski definition) is 6. The van der Waals surface area contributed by atoms with Crippen LogP contribution in [-0.4, -0.2) is 45.4 Å². The zero-order chi connectivity index (χ0) is 17.7. The number of aromatic nitrogens is 1. The molecular weight excluding hydrogens is 358 g/mol. The monoisotopic (exact) mass is 381 g/mol. The van der Waals surface area contributed by atoms with Gasteiger partial charge in [0.1, 0.15) is 5.75 Å². The minimum atomic E-state index is -3.28. The van der Waals surface area contributed by atoms with Crippen molar-refractivity contribution in [3.8, 4) is 5.75 Å². The maximum atomic E-state index is 12.3. The molecule has 1 aromatic carbocycles. The van der Waals surface area contributed by atoms with E-state index in [0.717, 1.165) is 42.4 Å². The molecule has 2 heterocycles. The van der Waals surface area contributed by atoms with Crippen LogP contribution in [0, 0.1) is 0 Å². The number of benzene rings is 1. The lowest BCUT2D eigenvalue weighted by Crippen LogP contribution is -2.45. The second-order valence-corrected chi connectivity index (χ2v) is 8.86. The number of anilines is 1. The van der Waals surface area contributed by atoms with Gasteiger partial charge in [0.25, 0.3) is 0 Å². The number of sulfonamides is 1. The van der Waals surface area contributed by atoms with Gasteiger partial charge >= 0.3 is 0 Å². The average molecular weight is 382 g/mol. The van der Waals surface area contributed by atoms with Gasteiger partial charge in [-0.25, -0.2) is 18.1 Å². The highest BCUT2D eigenvalue weighted by Crippen LogP contribution is 2.22. The highest BCUT2D eigenvalue weighted by molar-refractivity contribution is 7.89. The number of hydrogen-bond donors (Lipinski definition) is 1. The summed E-state index contributed by atoms with van der Waals surface area (Å²) in [5.74, 6) is 0.878. The van der Waals surface area contributed by atoms with Crippen LogP contribution in [0.2, 0.25) is 0 Å². The summed E-state index contributed by atoms with van der Waals surface area (Å²) in [6, 6.07) is 7.52. The second-order valence-electron chi connectivity index (χ2n) is 6.11. The number of methoxy groups -OCH3 is 1. The predicted molar refractivity (Wildman–Crippen MR) is 101 cm³/mol. The molecule has 1 N–H and O–H groups in total. The number of rotatable bonds is 7. The minimum Gasteiger partial charge on any atom is -0.497 e. The number of nitrogens with one attached hydrogen (secondary N) is 1. The van der Waals surface area contributed by atoms with E-state index < -0.39 is 10.0 Å². The van der Waals surface area contributed by atoms with Crippen LogP contribution in [0.1, 0.15) is 18.4 Å². The molecule has 3 rings (SSSR count). The fourth-order valence-electron chi connectivity index (χ4n) is 2.92. The van der Waals surface area contributed by atoms with Gasteiger partial charge in [-0.1, -0.05) is 12.1 Å². The molecule has 0 saturated carbocycles. The molecule has 25 heavy (non-hydrogen) atoms. The summed E-state index contributed by atoms with van der Waals surface area (Å²) in [5.41, 5.74) is 0.991. The summed E-state index contributed by atoms with van der Waals surface area (Å²) in [6.45, 7) is 1.67. The highest BCUT2D eigenvalue weighted by atomic mass is 32.2. The number of piperidine rings is 1. The molecule has 2 aromatic rings. The van der Waals surface area contributed by atoms with E-state index in [0.29, 0.717) is 6.42 Å². The zero-order valence-electron chi connectivity index (χ0n) is 14.2. The van der Waals surface area contributed by atoms with Crippen molar-refractivity contribution in [2.45, 2.75) is 25.3 Å². The van der Waals surface area contributed by atoms with Gasteiger partial charge in [0.2, 0.25) is 10.0 Å². The molecule has 1 aliphatic rings. The van der Waals surface area contributed by atoms with Crippen LogP contribution in [0.5, 0.6) is 5.75 Å².